The maximum atomic E-state index is 12.6. The lowest BCUT2D eigenvalue weighted by atomic mass is 10.2. The quantitative estimate of drug-likeness (QED) is 0.534. The molecular formula is C21H20N2O5S. The molecule has 2 aromatic rings. The summed E-state index contributed by atoms with van der Waals surface area (Å²) in [5.74, 6) is -0.514. The molecule has 0 unspecified atom stereocenters. The Bertz CT molecular complexity index is 1020. The first-order chi connectivity index (χ1) is 14.0. The molecule has 1 aliphatic heterocycles. The Morgan fingerprint density at radius 3 is 2.38 bits per heavy atom. The van der Waals surface area contributed by atoms with E-state index in [9.17, 15) is 13.2 Å². The first-order valence-corrected chi connectivity index (χ1v) is 10.4. The van der Waals surface area contributed by atoms with Gasteiger partial charge in [0.1, 0.15) is 6.61 Å². The summed E-state index contributed by atoms with van der Waals surface area (Å²) >= 11 is 0. The van der Waals surface area contributed by atoms with Gasteiger partial charge in [-0.25, -0.2) is 13.2 Å². The van der Waals surface area contributed by atoms with Crippen molar-refractivity contribution in [2.24, 2.45) is 0 Å². The maximum Gasteiger partial charge on any atom is 0.331 e. The van der Waals surface area contributed by atoms with Gasteiger partial charge in [-0.2, -0.15) is 9.57 Å². The molecule has 7 nitrogen and oxygen atoms in total. The van der Waals surface area contributed by atoms with Crippen LogP contribution in [0.3, 0.4) is 0 Å². The van der Waals surface area contributed by atoms with Crippen LogP contribution in [0.2, 0.25) is 0 Å². The van der Waals surface area contributed by atoms with Crippen LogP contribution in [0, 0.1) is 11.3 Å². The van der Waals surface area contributed by atoms with E-state index in [4.69, 9.17) is 14.7 Å². The number of benzene rings is 2. The van der Waals surface area contributed by atoms with Crippen molar-refractivity contribution in [3.63, 3.8) is 0 Å². The number of sulfonamides is 1. The zero-order valence-electron chi connectivity index (χ0n) is 15.7. The number of carbonyl (C=O) groups is 1. The van der Waals surface area contributed by atoms with Crippen molar-refractivity contribution in [1.29, 1.82) is 5.26 Å². The van der Waals surface area contributed by atoms with Gasteiger partial charge >= 0.3 is 5.97 Å². The zero-order chi connectivity index (χ0) is 20.7. The maximum absolute atomic E-state index is 12.6. The molecule has 0 N–H and O–H groups in total. The van der Waals surface area contributed by atoms with Gasteiger partial charge in [-0.05, 0) is 41.5 Å². The first-order valence-electron chi connectivity index (χ1n) is 9.01. The molecule has 1 heterocycles. The largest absolute Gasteiger partial charge is 0.458 e. The van der Waals surface area contributed by atoms with E-state index in [1.807, 2.05) is 6.07 Å². The molecular weight excluding hydrogens is 392 g/mol. The number of carbonyl (C=O) groups excluding carboxylic acids is 1. The van der Waals surface area contributed by atoms with Gasteiger partial charge in [0.05, 0.1) is 29.7 Å². The molecule has 0 aromatic heterocycles. The van der Waals surface area contributed by atoms with Crippen molar-refractivity contribution in [2.75, 3.05) is 26.3 Å². The van der Waals surface area contributed by atoms with Crippen LogP contribution in [0.5, 0.6) is 0 Å². The standard InChI is InChI=1S/C21H20N2O5S/c22-15-18-1-3-19(4-2-18)16-28-21(24)10-7-17-5-8-20(9-6-17)29(25,26)23-11-13-27-14-12-23/h1-10H,11-14,16H2/b10-7+. The van der Waals surface area contributed by atoms with Gasteiger partial charge in [0.25, 0.3) is 0 Å². The van der Waals surface area contributed by atoms with Gasteiger partial charge in [0.2, 0.25) is 10.0 Å². The van der Waals surface area contributed by atoms with Gasteiger partial charge < -0.3 is 9.47 Å². The van der Waals surface area contributed by atoms with E-state index in [-0.39, 0.29) is 11.5 Å². The smallest absolute Gasteiger partial charge is 0.331 e. The molecule has 0 saturated carbocycles. The van der Waals surface area contributed by atoms with Crippen molar-refractivity contribution >= 4 is 22.1 Å². The molecule has 1 fully saturated rings. The Hall–Kier alpha value is -2.99. The van der Waals surface area contributed by atoms with Gasteiger partial charge in [-0.15, -0.1) is 0 Å². The van der Waals surface area contributed by atoms with Gasteiger partial charge in [0, 0.05) is 19.2 Å². The molecule has 0 spiro atoms. The molecule has 0 bridgehead atoms. The molecule has 3 rings (SSSR count). The minimum atomic E-state index is -3.54. The number of nitrogens with zero attached hydrogens (tertiary/aromatic N) is 2. The third kappa shape index (κ3) is 5.51. The monoisotopic (exact) mass is 412 g/mol. The number of morpholine rings is 1. The fourth-order valence-corrected chi connectivity index (χ4v) is 4.14. The Balaban J connectivity index is 1.56. The minimum Gasteiger partial charge on any atom is -0.458 e. The summed E-state index contributed by atoms with van der Waals surface area (Å²) in [6.45, 7) is 1.57. The summed E-state index contributed by atoms with van der Waals surface area (Å²) < 4.78 is 36.9. The number of hydrogen-bond acceptors (Lipinski definition) is 6. The lowest BCUT2D eigenvalue weighted by Crippen LogP contribution is -2.40. The summed E-state index contributed by atoms with van der Waals surface area (Å²) in [7, 11) is -3.54. The highest BCUT2D eigenvalue weighted by molar-refractivity contribution is 7.89. The summed E-state index contributed by atoms with van der Waals surface area (Å²) in [4.78, 5) is 12.1. The van der Waals surface area contributed by atoms with Gasteiger partial charge in [0.15, 0.2) is 0 Å². The van der Waals surface area contributed by atoms with Crippen LogP contribution in [-0.2, 0) is 30.9 Å². The second-order valence-corrected chi connectivity index (χ2v) is 8.27. The van der Waals surface area contributed by atoms with E-state index in [1.54, 1.807) is 42.5 Å². The Morgan fingerprint density at radius 2 is 1.76 bits per heavy atom. The predicted molar refractivity (Wildman–Crippen MR) is 106 cm³/mol. The van der Waals surface area contributed by atoms with E-state index in [0.717, 1.165) is 5.56 Å². The summed E-state index contributed by atoms with van der Waals surface area (Å²) in [6, 6.07) is 15.1. The van der Waals surface area contributed by atoms with Crippen molar-refractivity contribution in [3.8, 4) is 6.07 Å². The molecule has 0 atom stereocenters. The summed E-state index contributed by atoms with van der Waals surface area (Å²) in [5, 5.41) is 8.77. The second-order valence-electron chi connectivity index (χ2n) is 6.34. The van der Waals surface area contributed by atoms with Crippen LogP contribution >= 0.6 is 0 Å². The van der Waals surface area contributed by atoms with Crippen LogP contribution in [0.1, 0.15) is 16.7 Å². The Kier molecular flexibility index (Phi) is 6.77. The van der Waals surface area contributed by atoms with Gasteiger partial charge in [-0.1, -0.05) is 24.3 Å². The molecule has 0 radical (unpaired) electrons. The van der Waals surface area contributed by atoms with Crippen LogP contribution in [-0.4, -0.2) is 45.0 Å². The Labute approximate surface area is 169 Å². The van der Waals surface area contributed by atoms with E-state index in [0.29, 0.717) is 37.4 Å². The fourth-order valence-electron chi connectivity index (χ4n) is 2.73. The van der Waals surface area contributed by atoms with E-state index in [2.05, 4.69) is 0 Å². The molecule has 8 heteroatoms. The average molecular weight is 412 g/mol. The van der Waals surface area contributed by atoms with Crippen LogP contribution in [0.25, 0.3) is 6.08 Å². The Morgan fingerprint density at radius 1 is 1.10 bits per heavy atom. The molecule has 150 valence electrons. The van der Waals surface area contributed by atoms with Crippen LogP contribution in [0.15, 0.2) is 59.5 Å². The van der Waals surface area contributed by atoms with Crippen LogP contribution in [0.4, 0.5) is 0 Å². The van der Waals surface area contributed by atoms with Crippen molar-refractivity contribution < 1.29 is 22.7 Å². The average Bonchev–Trinajstić information content (AvgIpc) is 2.77. The summed E-state index contributed by atoms with van der Waals surface area (Å²) in [6.07, 6.45) is 2.85. The third-order valence-electron chi connectivity index (χ3n) is 4.36. The van der Waals surface area contributed by atoms with E-state index in [1.165, 1.54) is 22.5 Å². The molecule has 0 amide bonds. The number of nitriles is 1. The molecule has 2 aromatic carbocycles. The number of hydrogen-bond donors (Lipinski definition) is 0. The van der Waals surface area contributed by atoms with Crippen molar-refractivity contribution in [1.82, 2.24) is 4.31 Å². The number of rotatable bonds is 6. The van der Waals surface area contributed by atoms with Gasteiger partial charge in [-0.3, -0.25) is 0 Å². The molecule has 0 aliphatic carbocycles. The SMILES string of the molecule is N#Cc1ccc(COC(=O)/C=C/c2ccc(S(=O)(=O)N3CCOCC3)cc2)cc1. The highest BCUT2D eigenvalue weighted by atomic mass is 32.2. The topological polar surface area (TPSA) is 96.7 Å². The zero-order valence-corrected chi connectivity index (χ0v) is 16.5. The number of esters is 1. The van der Waals surface area contributed by atoms with E-state index < -0.39 is 16.0 Å². The highest BCUT2D eigenvalue weighted by Crippen LogP contribution is 2.18. The lowest BCUT2D eigenvalue weighted by molar-refractivity contribution is -0.138. The van der Waals surface area contributed by atoms with E-state index >= 15 is 0 Å². The normalized spacial score (nSPS) is 15.1. The highest BCUT2D eigenvalue weighted by Gasteiger charge is 2.25. The fraction of sp³-hybridized carbons (Fsp3) is 0.238. The molecule has 1 aliphatic rings. The lowest BCUT2D eigenvalue weighted by Gasteiger charge is -2.26. The first kappa shape index (κ1) is 20.7. The third-order valence-corrected chi connectivity index (χ3v) is 6.28. The summed E-state index contributed by atoms with van der Waals surface area (Å²) in [5.41, 5.74) is 2.00. The second kappa shape index (κ2) is 9.47. The number of ether oxygens (including phenoxy) is 2. The molecule has 1 saturated heterocycles. The van der Waals surface area contributed by atoms with Crippen molar-refractivity contribution in [2.45, 2.75) is 11.5 Å². The van der Waals surface area contributed by atoms with Crippen molar-refractivity contribution in [3.05, 3.63) is 71.3 Å². The molecule has 29 heavy (non-hydrogen) atoms. The van der Waals surface area contributed by atoms with Crippen LogP contribution < -0.4 is 0 Å². The minimum absolute atomic E-state index is 0.103. The predicted octanol–water partition coefficient (Wildman–Crippen LogP) is 2.34.